The van der Waals surface area contributed by atoms with Crippen LogP contribution < -0.4 is 0 Å². The summed E-state index contributed by atoms with van der Waals surface area (Å²) in [6, 6.07) is 9.07. The van der Waals surface area contributed by atoms with Crippen LogP contribution in [0, 0.1) is 18.3 Å². The molecule has 6 nitrogen and oxygen atoms in total. The van der Waals surface area contributed by atoms with E-state index in [2.05, 4.69) is 15.6 Å². The minimum Gasteiger partial charge on any atom is -0.377 e. The zero-order valence-corrected chi connectivity index (χ0v) is 13.9. The van der Waals surface area contributed by atoms with E-state index < -0.39 is 0 Å². The lowest BCUT2D eigenvalue weighted by atomic mass is 10.1. The van der Waals surface area contributed by atoms with Gasteiger partial charge in [-0.25, -0.2) is 4.98 Å². The first-order chi connectivity index (χ1) is 11.6. The van der Waals surface area contributed by atoms with Crippen molar-refractivity contribution in [2.24, 2.45) is 0 Å². The van der Waals surface area contributed by atoms with Crippen LogP contribution in [0.4, 0.5) is 0 Å². The molecule has 1 unspecified atom stereocenters. The molecule has 1 atom stereocenters. The zero-order chi connectivity index (χ0) is 17.1. The fourth-order valence-corrected chi connectivity index (χ4v) is 3.24. The summed E-state index contributed by atoms with van der Waals surface area (Å²) in [4.78, 5) is 18.9. The van der Waals surface area contributed by atoms with Gasteiger partial charge in [0.25, 0.3) is 5.91 Å². The molecule has 0 saturated carbocycles. The quantitative estimate of drug-likeness (QED) is 0.865. The highest BCUT2D eigenvalue weighted by molar-refractivity contribution is 5.94. The lowest BCUT2D eigenvalue weighted by molar-refractivity contribution is 0.0787. The molecule has 0 radical (unpaired) electrons. The number of amides is 1. The molecule has 2 aromatic rings. The number of imidazole rings is 1. The van der Waals surface area contributed by atoms with Gasteiger partial charge in [-0.05, 0) is 37.6 Å². The number of nitrogens with zero attached hydrogens (tertiary/aromatic N) is 4. The van der Waals surface area contributed by atoms with Gasteiger partial charge in [-0.2, -0.15) is 5.26 Å². The number of hydrogen-bond donors (Lipinski definition) is 0. The van der Waals surface area contributed by atoms with Gasteiger partial charge in [0.05, 0.1) is 17.7 Å². The number of likely N-dealkylation sites (tertiary alicyclic amines) is 1. The highest BCUT2D eigenvalue weighted by Gasteiger charge is 2.30. The Balaban J connectivity index is 1.74. The van der Waals surface area contributed by atoms with Gasteiger partial charge in [0.1, 0.15) is 12.4 Å². The molecule has 0 N–H and O–H groups in total. The molecule has 1 amide bonds. The van der Waals surface area contributed by atoms with Gasteiger partial charge in [-0.1, -0.05) is 0 Å². The van der Waals surface area contributed by atoms with Crippen molar-refractivity contribution in [1.29, 1.82) is 5.26 Å². The molecule has 124 valence electrons. The molecule has 24 heavy (non-hydrogen) atoms. The Hall–Kier alpha value is -2.65. The average Bonchev–Trinajstić information content (AvgIpc) is 3.21. The molecule has 1 aliphatic rings. The molecule has 0 aliphatic carbocycles. The number of aromatic nitrogens is 2. The summed E-state index contributed by atoms with van der Waals surface area (Å²) >= 11 is 0. The number of nitriles is 1. The maximum absolute atomic E-state index is 12.7. The summed E-state index contributed by atoms with van der Waals surface area (Å²) in [7, 11) is 1.66. The van der Waals surface area contributed by atoms with Gasteiger partial charge in [0.15, 0.2) is 0 Å². The van der Waals surface area contributed by atoms with Crippen molar-refractivity contribution >= 4 is 5.91 Å². The van der Waals surface area contributed by atoms with Crippen LogP contribution in [0.25, 0.3) is 0 Å². The van der Waals surface area contributed by atoms with Crippen molar-refractivity contribution < 1.29 is 9.53 Å². The van der Waals surface area contributed by atoms with E-state index in [9.17, 15) is 4.79 Å². The number of methoxy groups -OCH3 is 1. The molecule has 1 aliphatic heterocycles. The van der Waals surface area contributed by atoms with Crippen molar-refractivity contribution in [3.63, 3.8) is 0 Å². The Morgan fingerprint density at radius 1 is 1.42 bits per heavy atom. The van der Waals surface area contributed by atoms with E-state index in [1.165, 1.54) is 0 Å². The number of carbonyl (C=O) groups is 1. The SMILES string of the molecule is COCc1ncc(C)n1C1CCN(C(=O)c2ccc(C#N)cc2)C1. The minimum atomic E-state index is 0.00745. The predicted octanol–water partition coefficient (Wildman–Crippen LogP) is 2.30. The van der Waals surface area contributed by atoms with Gasteiger partial charge in [-0.3, -0.25) is 4.79 Å². The summed E-state index contributed by atoms with van der Waals surface area (Å²) < 4.78 is 7.39. The monoisotopic (exact) mass is 324 g/mol. The van der Waals surface area contributed by atoms with Crippen LogP contribution in [0.15, 0.2) is 30.5 Å². The van der Waals surface area contributed by atoms with E-state index in [0.29, 0.717) is 30.8 Å². The third-order valence-corrected chi connectivity index (χ3v) is 4.41. The van der Waals surface area contributed by atoms with Crippen LogP contribution in [0.3, 0.4) is 0 Å². The number of hydrogen-bond acceptors (Lipinski definition) is 4. The van der Waals surface area contributed by atoms with Crippen molar-refractivity contribution in [2.45, 2.75) is 26.0 Å². The number of carbonyl (C=O) groups excluding carboxylic acids is 1. The molecular formula is C18H20N4O2. The van der Waals surface area contributed by atoms with Crippen LogP contribution in [-0.2, 0) is 11.3 Å². The molecule has 1 aromatic heterocycles. The smallest absolute Gasteiger partial charge is 0.253 e. The third-order valence-electron chi connectivity index (χ3n) is 4.41. The molecule has 1 fully saturated rings. The largest absolute Gasteiger partial charge is 0.377 e. The van der Waals surface area contributed by atoms with Crippen LogP contribution >= 0.6 is 0 Å². The van der Waals surface area contributed by atoms with Crippen molar-refractivity contribution in [1.82, 2.24) is 14.5 Å². The number of benzene rings is 1. The normalized spacial score (nSPS) is 17.0. The highest BCUT2D eigenvalue weighted by Crippen LogP contribution is 2.26. The summed E-state index contributed by atoms with van der Waals surface area (Å²) in [6.45, 7) is 3.87. The lowest BCUT2D eigenvalue weighted by Crippen LogP contribution is -2.29. The van der Waals surface area contributed by atoms with Crippen molar-refractivity contribution in [2.75, 3.05) is 20.2 Å². The average molecular weight is 324 g/mol. The Morgan fingerprint density at radius 3 is 2.83 bits per heavy atom. The second-order valence-electron chi connectivity index (χ2n) is 6.00. The molecule has 6 heteroatoms. The van der Waals surface area contributed by atoms with Crippen LogP contribution in [-0.4, -0.2) is 40.6 Å². The van der Waals surface area contributed by atoms with E-state index in [-0.39, 0.29) is 11.9 Å². The highest BCUT2D eigenvalue weighted by atomic mass is 16.5. The predicted molar refractivity (Wildman–Crippen MR) is 88.4 cm³/mol. The molecule has 2 heterocycles. The summed E-state index contributed by atoms with van der Waals surface area (Å²) in [5.41, 5.74) is 2.26. The van der Waals surface area contributed by atoms with Crippen LogP contribution in [0.5, 0.6) is 0 Å². The van der Waals surface area contributed by atoms with Crippen molar-refractivity contribution in [3.05, 3.63) is 53.1 Å². The topological polar surface area (TPSA) is 71.2 Å². The van der Waals surface area contributed by atoms with Crippen molar-refractivity contribution in [3.8, 4) is 6.07 Å². The lowest BCUT2D eigenvalue weighted by Gasteiger charge is -2.19. The van der Waals surface area contributed by atoms with Gasteiger partial charge < -0.3 is 14.2 Å². The maximum Gasteiger partial charge on any atom is 0.253 e. The van der Waals surface area contributed by atoms with E-state index in [1.807, 2.05) is 18.0 Å². The first kappa shape index (κ1) is 16.2. The van der Waals surface area contributed by atoms with Crippen LogP contribution in [0.1, 0.15) is 39.9 Å². The number of aryl methyl sites for hydroxylation is 1. The van der Waals surface area contributed by atoms with E-state index in [1.54, 1.807) is 31.4 Å². The molecule has 1 saturated heterocycles. The Labute approximate surface area is 141 Å². The molecule has 3 rings (SSSR count). The second kappa shape index (κ2) is 6.85. The maximum atomic E-state index is 12.7. The third kappa shape index (κ3) is 3.03. The van der Waals surface area contributed by atoms with E-state index in [4.69, 9.17) is 10.00 Å². The molecule has 0 bridgehead atoms. The van der Waals surface area contributed by atoms with Gasteiger partial charge in [-0.15, -0.1) is 0 Å². The number of rotatable bonds is 4. The molecule has 0 spiro atoms. The van der Waals surface area contributed by atoms with Crippen LogP contribution in [0.2, 0.25) is 0 Å². The standard InChI is InChI=1S/C18H20N4O2/c1-13-10-20-17(12-24-2)22(13)16-7-8-21(11-16)18(23)15-5-3-14(9-19)4-6-15/h3-6,10,16H,7-8,11-12H2,1-2H3. The van der Waals surface area contributed by atoms with E-state index in [0.717, 1.165) is 17.9 Å². The Bertz CT molecular complexity index is 773. The Morgan fingerprint density at radius 2 is 2.17 bits per heavy atom. The molecule has 1 aromatic carbocycles. The Kier molecular flexibility index (Phi) is 4.63. The molecular weight excluding hydrogens is 304 g/mol. The van der Waals surface area contributed by atoms with Gasteiger partial charge >= 0.3 is 0 Å². The zero-order valence-electron chi connectivity index (χ0n) is 13.9. The summed E-state index contributed by atoms with van der Waals surface area (Å²) in [5.74, 6) is 0.903. The van der Waals surface area contributed by atoms with Gasteiger partial charge in [0.2, 0.25) is 0 Å². The summed E-state index contributed by atoms with van der Waals surface area (Å²) in [6.07, 6.45) is 2.75. The summed E-state index contributed by atoms with van der Waals surface area (Å²) in [5, 5.41) is 8.85. The first-order valence-corrected chi connectivity index (χ1v) is 7.95. The minimum absolute atomic E-state index is 0.00745. The van der Waals surface area contributed by atoms with E-state index >= 15 is 0 Å². The fourth-order valence-electron chi connectivity index (χ4n) is 3.24. The first-order valence-electron chi connectivity index (χ1n) is 7.95. The second-order valence-corrected chi connectivity index (χ2v) is 6.00. The fraction of sp³-hybridized carbons (Fsp3) is 0.389. The number of ether oxygens (including phenoxy) is 1. The van der Waals surface area contributed by atoms with Gasteiger partial charge in [0, 0.05) is 37.7 Å².